The van der Waals surface area contributed by atoms with Crippen molar-refractivity contribution in [1.82, 2.24) is 15.5 Å². The van der Waals surface area contributed by atoms with Gasteiger partial charge in [-0.15, -0.1) is 0 Å². The van der Waals surface area contributed by atoms with Crippen molar-refractivity contribution in [3.05, 3.63) is 54.1 Å². The summed E-state index contributed by atoms with van der Waals surface area (Å²) in [6.07, 6.45) is 5.58. The highest BCUT2D eigenvalue weighted by atomic mass is 16.5. The van der Waals surface area contributed by atoms with E-state index in [0.717, 1.165) is 36.4 Å². The van der Waals surface area contributed by atoms with Crippen LogP contribution in [0.5, 0.6) is 11.5 Å². The molecule has 2 saturated heterocycles. The SMILES string of the molecule is COc1ccc(N2CCN(C(=O)[C@@H]3CNC(=O)N3)[C@@H](Cc3ccccc3)C2)cc1OC1CCCC1. The third kappa shape index (κ3) is 5.31. The minimum absolute atomic E-state index is 0.0162. The lowest BCUT2D eigenvalue weighted by Gasteiger charge is -2.43. The Morgan fingerprint density at radius 1 is 1.06 bits per heavy atom. The zero-order valence-electron chi connectivity index (χ0n) is 20.2. The summed E-state index contributed by atoms with van der Waals surface area (Å²) in [5.41, 5.74) is 2.26. The van der Waals surface area contributed by atoms with Crippen molar-refractivity contribution in [2.75, 3.05) is 38.2 Å². The van der Waals surface area contributed by atoms with Gasteiger partial charge in [-0.3, -0.25) is 4.79 Å². The number of benzene rings is 2. The molecule has 2 aromatic carbocycles. The molecule has 35 heavy (non-hydrogen) atoms. The number of piperazine rings is 1. The molecule has 0 radical (unpaired) electrons. The fourth-order valence-corrected chi connectivity index (χ4v) is 5.39. The number of ether oxygens (including phenoxy) is 2. The van der Waals surface area contributed by atoms with Gasteiger partial charge >= 0.3 is 6.03 Å². The summed E-state index contributed by atoms with van der Waals surface area (Å²) in [5, 5.41) is 5.45. The Morgan fingerprint density at radius 2 is 1.86 bits per heavy atom. The zero-order valence-corrected chi connectivity index (χ0v) is 20.2. The molecule has 186 valence electrons. The van der Waals surface area contributed by atoms with Crippen LogP contribution in [0.25, 0.3) is 0 Å². The highest BCUT2D eigenvalue weighted by molar-refractivity contribution is 5.90. The largest absolute Gasteiger partial charge is 0.493 e. The van der Waals surface area contributed by atoms with Gasteiger partial charge in [0.2, 0.25) is 5.91 Å². The van der Waals surface area contributed by atoms with Crippen molar-refractivity contribution in [3.63, 3.8) is 0 Å². The number of hydrogen-bond donors (Lipinski definition) is 2. The molecule has 3 aliphatic rings. The Bertz CT molecular complexity index is 1040. The lowest BCUT2D eigenvalue weighted by Crippen LogP contribution is -2.59. The number of amides is 3. The van der Waals surface area contributed by atoms with Crippen LogP contribution in [0.3, 0.4) is 0 Å². The average Bonchev–Trinajstić information content (AvgIpc) is 3.56. The molecule has 0 unspecified atom stereocenters. The van der Waals surface area contributed by atoms with Crippen LogP contribution in [0.15, 0.2) is 48.5 Å². The first-order valence-electron chi connectivity index (χ1n) is 12.6. The Kier molecular flexibility index (Phi) is 6.97. The summed E-state index contributed by atoms with van der Waals surface area (Å²) in [6, 6.07) is 15.6. The van der Waals surface area contributed by atoms with Gasteiger partial charge in [0.05, 0.1) is 19.3 Å². The molecule has 1 aliphatic carbocycles. The van der Waals surface area contributed by atoms with Gasteiger partial charge < -0.3 is 29.9 Å². The Hall–Kier alpha value is -3.42. The van der Waals surface area contributed by atoms with Gasteiger partial charge in [0.25, 0.3) is 0 Å². The molecule has 8 heteroatoms. The van der Waals surface area contributed by atoms with E-state index >= 15 is 0 Å². The molecule has 2 aromatic rings. The third-order valence-electron chi connectivity index (χ3n) is 7.26. The van der Waals surface area contributed by atoms with Gasteiger partial charge in [0, 0.05) is 37.9 Å². The van der Waals surface area contributed by atoms with Crippen LogP contribution in [0.2, 0.25) is 0 Å². The molecule has 0 spiro atoms. The zero-order chi connectivity index (χ0) is 24.2. The van der Waals surface area contributed by atoms with Crippen molar-refractivity contribution in [3.8, 4) is 11.5 Å². The van der Waals surface area contributed by atoms with E-state index in [9.17, 15) is 9.59 Å². The molecule has 1 saturated carbocycles. The maximum atomic E-state index is 13.3. The van der Waals surface area contributed by atoms with Gasteiger partial charge in [0.1, 0.15) is 6.04 Å². The van der Waals surface area contributed by atoms with E-state index in [1.54, 1.807) is 7.11 Å². The molecule has 0 bridgehead atoms. The predicted molar refractivity (Wildman–Crippen MR) is 134 cm³/mol. The molecule has 8 nitrogen and oxygen atoms in total. The summed E-state index contributed by atoms with van der Waals surface area (Å²) in [6.45, 7) is 2.33. The number of carbonyl (C=O) groups is 2. The summed E-state index contributed by atoms with van der Waals surface area (Å²) >= 11 is 0. The van der Waals surface area contributed by atoms with E-state index in [4.69, 9.17) is 9.47 Å². The number of hydrogen-bond acceptors (Lipinski definition) is 5. The number of anilines is 1. The molecule has 2 aliphatic heterocycles. The van der Waals surface area contributed by atoms with E-state index < -0.39 is 6.04 Å². The molecule has 3 amide bonds. The van der Waals surface area contributed by atoms with Gasteiger partial charge in [-0.05, 0) is 49.8 Å². The molecule has 2 atom stereocenters. The van der Waals surface area contributed by atoms with E-state index in [-0.39, 0.29) is 24.1 Å². The van der Waals surface area contributed by atoms with Crippen LogP contribution in [0.1, 0.15) is 31.2 Å². The number of nitrogens with one attached hydrogen (secondary N) is 2. The predicted octanol–water partition coefficient (Wildman–Crippen LogP) is 2.96. The minimum Gasteiger partial charge on any atom is -0.493 e. The summed E-state index contributed by atoms with van der Waals surface area (Å²) < 4.78 is 11.9. The molecular weight excluding hydrogens is 444 g/mol. The normalized spacial score (nSPS) is 22.6. The molecular formula is C27H34N4O4. The fourth-order valence-electron chi connectivity index (χ4n) is 5.39. The second-order valence-corrected chi connectivity index (χ2v) is 9.59. The van der Waals surface area contributed by atoms with Gasteiger partial charge in [-0.1, -0.05) is 30.3 Å². The quantitative estimate of drug-likeness (QED) is 0.639. The standard InChI is InChI=1S/C27H34N4O4/c1-34-24-12-11-20(16-25(24)35-22-9-5-6-10-22)30-13-14-31(26(32)23-17-28-27(33)29-23)21(18-30)15-19-7-3-2-4-8-19/h2-4,7-8,11-12,16,21-23H,5-6,9-10,13-15,17-18H2,1H3,(H2,28,29,33)/t21-,23-/m0/s1. The molecule has 2 heterocycles. The van der Waals surface area contributed by atoms with Crippen LogP contribution in [-0.2, 0) is 11.2 Å². The number of urea groups is 1. The first-order valence-corrected chi connectivity index (χ1v) is 12.6. The van der Waals surface area contributed by atoms with E-state index in [1.807, 2.05) is 29.2 Å². The molecule has 3 fully saturated rings. The van der Waals surface area contributed by atoms with E-state index in [1.165, 1.54) is 18.4 Å². The molecule has 5 rings (SSSR count). The van der Waals surface area contributed by atoms with Crippen LogP contribution in [-0.4, -0.2) is 68.3 Å². The number of rotatable bonds is 7. The van der Waals surface area contributed by atoms with Crippen molar-refractivity contribution in [2.24, 2.45) is 0 Å². The summed E-state index contributed by atoms with van der Waals surface area (Å²) in [7, 11) is 1.67. The van der Waals surface area contributed by atoms with Crippen molar-refractivity contribution >= 4 is 17.6 Å². The first-order chi connectivity index (χ1) is 17.1. The molecule has 2 N–H and O–H groups in total. The van der Waals surface area contributed by atoms with Crippen LogP contribution < -0.4 is 25.0 Å². The topological polar surface area (TPSA) is 83.1 Å². The monoisotopic (exact) mass is 478 g/mol. The maximum Gasteiger partial charge on any atom is 0.315 e. The number of nitrogens with zero attached hydrogens (tertiary/aromatic N) is 2. The Morgan fingerprint density at radius 3 is 2.57 bits per heavy atom. The molecule has 0 aromatic heterocycles. The maximum absolute atomic E-state index is 13.3. The average molecular weight is 479 g/mol. The Labute approximate surface area is 206 Å². The van der Waals surface area contributed by atoms with E-state index in [2.05, 4.69) is 39.8 Å². The fraction of sp³-hybridized carbons (Fsp3) is 0.481. The second-order valence-electron chi connectivity index (χ2n) is 9.59. The highest BCUT2D eigenvalue weighted by Crippen LogP contribution is 2.36. The van der Waals surface area contributed by atoms with E-state index in [0.29, 0.717) is 26.2 Å². The number of methoxy groups -OCH3 is 1. The van der Waals surface area contributed by atoms with Gasteiger partial charge in [-0.2, -0.15) is 0 Å². The van der Waals surface area contributed by atoms with Crippen molar-refractivity contribution < 1.29 is 19.1 Å². The number of carbonyl (C=O) groups excluding carboxylic acids is 2. The Balaban J connectivity index is 1.36. The summed E-state index contributed by atoms with van der Waals surface area (Å²) in [5.74, 6) is 1.51. The third-order valence-corrected chi connectivity index (χ3v) is 7.26. The van der Waals surface area contributed by atoms with Crippen LogP contribution >= 0.6 is 0 Å². The lowest BCUT2D eigenvalue weighted by molar-refractivity contribution is -0.135. The van der Waals surface area contributed by atoms with Crippen molar-refractivity contribution in [1.29, 1.82) is 0 Å². The first kappa shape index (κ1) is 23.3. The highest BCUT2D eigenvalue weighted by Gasteiger charge is 2.37. The van der Waals surface area contributed by atoms with Crippen LogP contribution in [0, 0.1) is 0 Å². The minimum atomic E-state index is -0.514. The van der Waals surface area contributed by atoms with Gasteiger partial charge in [0.15, 0.2) is 11.5 Å². The summed E-state index contributed by atoms with van der Waals surface area (Å²) in [4.78, 5) is 29.2. The van der Waals surface area contributed by atoms with Gasteiger partial charge in [-0.25, -0.2) is 4.79 Å². The van der Waals surface area contributed by atoms with Crippen molar-refractivity contribution in [2.45, 2.75) is 50.3 Å². The second kappa shape index (κ2) is 10.5. The van der Waals surface area contributed by atoms with Crippen LogP contribution in [0.4, 0.5) is 10.5 Å². The smallest absolute Gasteiger partial charge is 0.315 e. The lowest BCUT2D eigenvalue weighted by atomic mass is 10.0.